The maximum atomic E-state index is 6.36. The number of nitrogens with zero attached hydrogens (tertiary/aromatic N) is 3. The summed E-state index contributed by atoms with van der Waals surface area (Å²) in [4.78, 5) is 10.4. The minimum atomic E-state index is -0.0726. The van der Waals surface area contributed by atoms with E-state index in [9.17, 15) is 0 Å². The number of nitrogens with one attached hydrogen (secondary N) is 1. The van der Waals surface area contributed by atoms with E-state index in [-0.39, 0.29) is 12.1 Å². The highest BCUT2D eigenvalue weighted by Gasteiger charge is 2.41. The molecule has 5 rings (SSSR count). The molecule has 34 heavy (non-hydrogen) atoms. The number of halogens is 1. The summed E-state index contributed by atoms with van der Waals surface area (Å²) in [5.41, 5.74) is 0.953. The Morgan fingerprint density at radius 1 is 1.06 bits per heavy atom. The second-order valence-electron chi connectivity index (χ2n) is 8.34. The van der Waals surface area contributed by atoms with Crippen molar-refractivity contribution in [3.05, 3.63) is 77.3 Å². The molecule has 2 aliphatic rings. The van der Waals surface area contributed by atoms with Gasteiger partial charge in [-0.1, -0.05) is 29.4 Å². The fourth-order valence-corrected chi connectivity index (χ4v) is 5.65. The van der Waals surface area contributed by atoms with Crippen LogP contribution in [0.5, 0.6) is 0 Å². The van der Waals surface area contributed by atoms with Gasteiger partial charge in [0.25, 0.3) is 0 Å². The van der Waals surface area contributed by atoms with Gasteiger partial charge in [0.1, 0.15) is 11.8 Å². The van der Waals surface area contributed by atoms with Gasteiger partial charge in [0.05, 0.1) is 24.9 Å². The average Bonchev–Trinajstić information content (AvgIpc) is 3.46. The average molecular weight is 515 g/mol. The smallest absolute Gasteiger partial charge is 0.170 e. The number of thiocarbonyl (C=S) groups is 1. The van der Waals surface area contributed by atoms with Gasteiger partial charge in [0, 0.05) is 42.3 Å². The topological polar surface area (TPSA) is 53.8 Å². The predicted molar refractivity (Wildman–Crippen MR) is 138 cm³/mol. The molecule has 9 heteroatoms. The molecule has 0 amide bonds. The van der Waals surface area contributed by atoms with E-state index in [0.29, 0.717) is 0 Å². The van der Waals surface area contributed by atoms with Crippen molar-refractivity contribution in [1.82, 2.24) is 20.1 Å². The van der Waals surface area contributed by atoms with Crippen LogP contribution in [0.3, 0.4) is 0 Å². The number of morpholine rings is 1. The SMILES string of the molecule is S=C1N[C@@H](c2ccccn2)[C@@H](c2ccc(Sc3ccc(Cl)cc3)o2)N1CCCN1CCOCC1. The number of ether oxygens (including phenoxy) is 1. The molecule has 0 saturated carbocycles. The molecule has 0 spiro atoms. The Morgan fingerprint density at radius 2 is 1.88 bits per heavy atom. The first kappa shape index (κ1) is 23.6. The first-order valence-electron chi connectivity index (χ1n) is 11.5. The van der Waals surface area contributed by atoms with Crippen molar-refractivity contribution in [3.8, 4) is 0 Å². The number of rotatable bonds is 8. The molecular weight excluding hydrogens is 488 g/mol. The van der Waals surface area contributed by atoms with Gasteiger partial charge in [-0.2, -0.15) is 0 Å². The molecule has 0 radical (unpaired) electrons. The Kier molecular flexibility index (Phi) is 7.71. The van der Waals surface area contributed by atoms with Crippen LogP contribution in [0.4, 0.5) is 0 Å². The van der Waals surface area contributed by atoms with Gasteiger partial charge in [-0.25, -0.2) is 0 Å². The summed E-state index contributed by atoms with van der Waals surface area (Å²) in [5, 5.41) is 5.80. The third-order valence-electron chi connectivity index (χ3n) is 6.10. The van der Waals surface area contributed by atoms with E-state index in [0.717, 1.165) is 77.4 Å². The maximum Gasteiger partial charge on any atom is 0.170 e. The van der Waals surface area contributed by atoms with Gasteiger partial charge < -0.3 is 19.4 Å². The summed E-state index contributed by atoms with van der Waals surface area (Å²) in [6.07, 6.45) is 2.84. The summed E-state index contributed by atoms with van der Waals surface area (Å²) in [7, 11) is 0. The molecule has 3 aromatic rings. The number of furan rings is 1. The summed E-state index contributed by atoms with van der Waals surface area (Å²) in [6.45, 7) is 5.48. The van der Waals surface area contributed by atoms with Crippen molar-refractivity contribution in [3.63, 3.8) is 0 Å². The highest BCUT2D eigenvalue weighted by molar-refractivity contribution is 7.99. The molecule has 2 atom stereocenters. The maximum absolute atomic E-state index is 6.36. The van der Waals surface area contributed by atoms with Gasteiger partial charge in [0.2, 0.25) is 0 Å². The van der Waals surface area contributed by atoms with E-state index in [1.165, 1.54) is 0 Å². The molecule has 2 aromatic heterocycles. The van der Waals surface area contributed by atoms with Crippen LogP contribution in [0.15, 0.2) is 75.2 Å². The summed E-state index contributed by atoms with van der Waals surface area (Å²) in [6, 6.07) is 17.7. The number of hydrogen-bond acceptors (Lipinski definition) is 6. The zero-order valence-electron chi connectivity index (χ0n) is 18.7. The first-order chi connectivity index (χ1) is 16.7. The van der Waals surface area contributed by atoms with Crippen LogP contribution in [-0.2, 0) is 4.74 Å². The molecular formula is C25H27ClN4O2S2. The number of hydrogen-bond donors (Lipinski definition) is 1. The standard InChI is InChI=1S/C25H27ClN4O2S2/c26-18-5-7-19(8-6-18)34-22-10-9-21(32-22)24-23(20-4-1-2-11-27-20)28-25(33)30(24)13-3-12-29-14-16-31-17-15-29/h1-2,4-11,23-24H,3,12-17H2,(H,28,33)/t23-,24+/m0/s1. The lowest BCUT2D eigenvalue weighted by molar-refractivity contribution is 0.0365. The first-order valence-corrected chi connectivity index (χ1v) is 13.1. The fourth-order valence-electron chi connectivity index (χ4n) is 4.41. The fraction of sp³-hybridized carbons (Fsp3) is 0.360. The normalized spacial score (nSPS) is 21.1. The van der Waals surface area contributed by atoms with E-state index >= 15 is 0 Å². The zero-order chi connectivity index (χ0) is 23.3. The third-order valence-corrected chi connectivity index (χ3v) is 7.63. The van der Waals surface area contributed by atoms with Gasteiger partial charge in [-0.05, 0) is 67.2 Å². The Bertz CT molecular complexity index is 1090. The van der Waals surface area contributed by atoms with Crippen molar-refractivity contribution < 1.29 is 9.15 Å². The Hall–Kier alpha value is -2.10. The van der Waals surface area contributed by atoms with E-state index in [4.69, 9.17) is 33.0 Å². The molecule has 2 aliphatic heterocycles. The molecule has 0 bridgehead atoms. The molecule has 0 aliphatic carbocycles. The molecule has 178 valence electrons. The predicted octanol–water partition coefficient (Wildman–Crippen LogP) is 5.17. The van der Waals surface area contributed by atoms with Gasteiger partial charge >= 0.3 is 0 Å². The largest absolute Gasteiger partial charge is 0.452 e. The Labute approximate surface area is 214 Å². The highest BCUT2D eigenvalue weighted by atomic mass is 35.5. The van der Waals surface area contributed by atoms with Gasteiger partial charge in [-0.3, -0.25) is 9.88 Å². The van der Waals surface area contributed by atoms with Crippen molar-refractivity contribution in [2.24, 2.45) is 0 Å². The summed E-state index contributed by atoms with van der Waals surface area (Å²) < 4.78 is 11.8. The molecule has 2 fully saturated rings. The summed E-state index contributed by atoms with van der Waals surface area (Å²) in [5.74, 6) is 0.880. The van der Waals surface area contributed by atoms with Crippen LogP contribution in [-0.4, -0.2) is 59.3 Å². The molecule has 1 aromatic carbocycles. The number of pyridine rings is 1. The molecule has 6 nitrogen and oxygen atoms in total. The minimum absolute atomic E-state index is 0.0633. The van der Waals surface area contributed by atoms with Crippen LogP contribution in [0, 0.1) is 0 Å². The summed E-state index contributed by atoms with van der Waals surface area (Å²) >= 11 is 13.4. The number of benzene rings is 1. The van der Waals surface area contributed by atoms with E-state index in [1.54, 1.807) is 11.8 Å². The van der Waals surface area contributed by atoms with Crippen LogP contribution in [0.1, 0.15) is 30.0 Å². The third kappa shape index (κ3) is 5.58. The van der Waals surface area contributed by atoms with Crippen molar-refractivity contribution >= 4 is 40.7 Å². The van der Waals surface area contributed by atoms with Crippen LogP contribution < -0.4 is 5.32 Å². The molecule has 1 N–H and O–H groups in total. The second kappa shape index (κ2) is 11.1. The van der Waals surface area contributed by atoms with E-state index < -0.39 is 0 Å². The van der Waals surface area contributed by atoms with Crippen molar-refractivity contribution in [1.29, 1.82) is 0 Å². The van der Waals surface area contributed by atoms with E-state index in [2.05, 4.69) is 26.2 Å². The van der Waals surface area contributed by atoms with Crippen molar-refractivity contribution in [2.45, 2.75) is 28.5 Å². The van der Waals surface area contributed by atoms with E-state index in [1.807, 2.05) is 54.7 Å². The Morgan fingerprint density at radius 3 is 2.65 bits per heavy atom. The lowest BCUT2D eigenvalue weighted by Gasteiger charge is -2.29. The van der Waals surface area contributed by atoms with Gasteiger partial charge in [-0.15, -0.1) is 0 Å². The monoisotopic (exact) mass is 514 g/mol. The van der Waals surface area contributed by atoms with Gasteiger partial charge in [0.15, 0.2) is 10.2 Å². The van der Waals surface area contributed by atoms with Crippen LogP contribution >= 0.6 is 35.6 Å². The lowest BCUT2D eigenvalue weighted by Crippen LogP contribution is -2.38. The van der Waals surface area contributed by atoms with Crippen molar-refractivity contribution in [2.75, 3.05) is 39.4 Å². The van der Waals surface area contributed by atoms with Crippen LogP contribution in [0.2, 0.25) is 5.02 Å². The molecule has 2 saturated heterocycles. The molecule has 4 heterocycles. The zero-order valence-corrected chi connectivity index (χ0v) is 21.1. The van der Waals surface area contributed by atoms with Crippen LogP contribution in [0.25, 0.3) is 0 Å². The lowest BCUT2D eigenvalue weighted by atomic mass is 10.0. The quantitative estimate of drug-likeness (QED) is 0.413. The molecule has 0 unspecified atom stereocenters. The second-order valence-corrected chi connectivity index (χ2v) is 10.2. The minimum Gasteiger partial charge on any atom is -0.452 e. The number of aromatic nitrogens is 1. The Balaban J connectivity index is 1.35. The highest BCUT2D eigenvalue weighted by Crippen LogP contribution is 2.41.